The van der Waals surface area contributed by atoms with Crippen LogP contribution in [0.2, 0.25) is 0 Å². The second-order valence-electron chi connectivity index (χ2n) is 13.8. The molecule has 8 rings (SSSR count). The third-order valence-corrected chi connectivity index (χ3v) is 9.25. The maximum atomic E-state index is 13.1. The highest BCUT2D eigenvalue weighted by molar-refractivity contribution is 6.08. The van der Waals surface area contributed by atoms with Crippen LogP contribution in [-0.2, 0) is 17.8 Å². The van der Waals surface area contributed by atoms with E-state index in [4.69, 9.17) is 14.2 Å². The third-order valence-electron chi connectivity index (χ3n) is 9.25. The molecule has 2 aromatic heterocycles. The molecule has 2 amide bonds. The van der Waals surface area contributed by atoms with Gasteiger partial charge >= 0.3 is 6.09 Å². The minimum absolute atomic E-state index is 0.0371. The zero-order valence-corrected chi connectivity index (χ0v) is 30.3. The summed E-state index contributed by atoms with van der Waals surface area (Å²) >= 11 is 0. The highest BCUT2D eigenvalue weighted by Crippen LogP contribution is 2.39. The molecule has 0 bridgehead atoms. The van der Waals surface area contributed by atoms with E-state index in [0.29, 0.717) is 50.2 Å². The molecule has 4 heterocycles. The normalized spacial score (nSPS) is 13.0. The van der Waals surface area contributed by atoms with Gasteiger partial charge < -0.3 is 29.8 Å². The maximum Gasteiger partial charge on any atom is 0.419 e. The number of nitro benzene ring substituents is 2. The van der Waals surface area contributed by atoms with Gasteiger partial charge in [-0.25, -0.2) is 9.36 Å². The van der Waals surface area contributed by atoms with E-state index in [1.165, 1.54) is 22.8 Å². The van der Waals surface area contributed by atoms with E-state index in [1.54, 1.807) is 65.3 Å². The van der Waals surface area contributed by atoms with Crippen LogP contribution in [-0.4, -0.2) is 57.1 Å². The summed E-state index contributed by atoms with van der Waals surface area (Å²) in [4.78, 5) is 62.8. The highest BCUT2D eigenvalue weighted by atomic mass is 16.6. The van der Waals surface area contributed by atoms with Gasteiger partial charge in [-0.3, -0.25) is 29.8 Å². The summed E-state index contributed by atoms with van der Waals surface area (Å²) in [5, 5.41) is 29.5. The maximum absolute atomic E-state index is 13.1. The van der Waals surface area contributed by atoms with Crippen molar-refractivity contribution in [2.75, 3.05) is 14.2 Å². The molecule has 0 radical (unpaired) electrons. The summed E-state index contributed by atoms with van der Waals surface area (Å²) in [5.74, 6) is 0.624. The third kappa shape index (κ3) is 6.53. The molecule has 0 unspecified atom stereocenters. The molecule has 0 saturated heterocycles. The number of rotatable bonds is 6. The van der Waals surface area contributed by atoms with Gasteiger partial charge in [0.2, 0.25) is 0 Å². The standard InChI is InChI=1S/C22H21N3O6.C17H13N3O4/c1-22(2,3)31-21(27)24-16-7-5-13(30-4)9-12(16)10-18(24)14-6-8-17(25(28)29)15-11-23-20(26)19(14)15;1-24-10-2-4-13-9(6-10)7-14(19-13)11-3-5-15(20(22)23)12-8-18-17(21)16(11)12/h5-10H,11H2,1-4H3,(H,23,26);2-7,19H,8H2,1H3,(H,18,21). The largest absolute Gasteiger partial charge is 0.497 e. The number of aromatic amines is 1. The Labute approximate surface area is 312 Å². The van der Waals surface area contributed by atoms with Crippen LogP contribution in [0, 0.1) is 20.2 Å². The average Bonchev–Trinajstić information content (AvgIpc) is 3.94. The van der Waals surface area contributed by atoms with E-state index >= 15 is 0 Å². The molecule has 4 aromatic carbocycles. The summed E-state index contributed by atoms with van der Waals surface area (Å²) < 4.78 is 17.5. The van der Waals surface area contributed by atoms with E-state index in [-0.39, 0.29) is 35.9 Å². The fourth-order valence-corrected chi connectivity index (χ4v) is 6.85. The molecular formula is C39H34N6O10. The predicted octanol–water partition coefficient (Wildman–Crippen LogP) is 7.25. The molecule has 16 nitrogen and oxygen atoms in total. The molecule has 16 heteroatoms. The summed E-state index contributed by atoms with van der Waals surface area (Å²) in [5.41, 5.74) is 4.03. The van der Waals surface area contributed by atoms with Crippen molar-refractivity contribution >= 4 is 51.1 Å². The number of carbonyl (C=O) groups is 3. The molecule has 0 fully saturated rings. The van der Waals surface area contributed by atoms with E-state index in [0.717, 1.165) is 22.3 Å². The molecule has 2 aliphatic heterocycles. The lowest BCUT2D eigenvalue weighted by Gasteiger charge is -2.21. The first-order valence-corrected chi connectivity index (χ1v) is 17.0. The summed E-state index contributed by atoms with van der Waals surface area (Å²) in [6.45, 7) is 5.51. The molecule has 6 aromatic rings. The number of nitrogens with one attached hydrogen (secondary N) is 3. The number of hydrogen-bond donors (Lipinski definition) is 3. The molecule has 3 N–H and O–H groups in total. The Morgan fingerprint density at radius 3 is 1.84 bits per heavy atom. The quantitative estimate of drug-likeness (QED) is 0.115. The van der Waals surface area contributed by atoms with Crippen molar-refractivity contribution in [1.29, 1.82) is 0 Å². The lowest BCUT2D eigenvalue weighted by atomic mass is 9.98. The molecule has 2 aliphatic rings. The lowest BCUT2D eigenvalue weighted by Crippen LogP contribution is -2.27. The van der Waals surface area contributed by atoms with Crippen molar-refractivity contribution in [3.63, 3.8) is 0 Å². The Morgan fingerprint density at radius 2 is 1.27 bits per heavy atom. The van der Waals surface area contributed by atoms with E-state index in [1.807, 2.05) is 24.3 Å². The Bertz CT molecular complexity index is 2620. The van der Waals surface area contributed by atoms with Crippen molar-refractivity contribution in [1.82, 2.24) is 20.2 Å². The van der Waals surface area contributed by atoms with E-state index < -0.39 is 27.4 Å². The average molecular weight is 747 g/mol. The first-order valence-electron chi connectivity index (χ1n) is 17.0. The van der Waals surface area contributed by atoms with Crippen LogP contribution in [0.5, 0.6) is 11.5 Å². The van der Waals surface area contributed by atoms with Gasteiger partial charge in [0.1, 0.15) is 17.1 Å². The second-order valence-corrected chi connectivity index (χ2v) is 13.8. The number of methoxy groups -OCH3 is 2. The molecule has 0 spiro atoms. The number of ether oxygens (including phenoxy) is 3. The molecular weight excluding hydrogens is 712 g/mol. The number of hydrogen-bond acceptors (Lipinski definition) is 10. The van der Waals surface area contributed by atoms with Gasteiger partial charge in [-0.2, -0.15) is 0 Å². The Balaban J connectivity index is 0.000000174. The number of carbonyl (C=O) groups excluding carboxylic acids is 3. The first-order chi connectivity index (χ1) is 26.2. The van der Waals surface area contributed by atoms with Crippen molar-refractivity contribution < 1.29 is 38.4 Å². The molecule has 0 aliphatic carbocycles. The SMILES string of the molecule is COc1ccc2[nH]c(-c3ccc([N+](=O)[O-])c4c3C(=O)NC4)cc2c1.COc1ccc2c(c1)cc(-c1ccc([N+](=O)[O-])c3c1C(=O)NC3)n2C(=O)OC(C)(C)C. The van der Waals surface area contributed by atoms with E-state index in [2.05, 4.69) is 15.6 Å². The molecule has 55 heavy (non-hydrogen) atoms. The lowest BCUT2D eigenvalue weighted by molar-refractivity contribution is -0.385. The predicted molar refractivity (Wildman–Crippen MR) is 201 cm³/mol. The first kappa shape index (κ1) is 36.1. The fourth-order valence-electron chi connectivity index (χ4n) is 6.85. The zero-order chi connectivity index (χ0) is 39.3. The molecule has 0 saturated carbocycles. The monoisotopic (exact) mass is 746 g/mol. The summed E-state index contributed by atoms with van der Waals surface area (Å²) in [7, 11) is 3.14. The molecule has 280 valence electrons. The van der Waals surface area contributed by atoms with Gasteiger partial charge in [0.05, 0.1) is 70.6 Å². The number of aromatic nitrogens is 2. The van der Waals surface area contributed by atoms with Gasteiger partial charge in [-0.15, -0.1) is 0 Å². The van der Waals surface area contributed by atoms with Crippen LogP contribution in [0.4, 0.5) is 16.2 Å². The Kier molecular flexibility index (Phi) is 8.96. The van der Waals surface area contributed by atoms with Crippen LogP contribution in [0.25, 0.3) is 44.3 Å². The van der Waals surface area contributed by atoms with Crippen molar-refractivity contribution in [3.8, 4) is 34.0 Å². The van der Waals surface area contributed by atoms with Crippen molar-refractivity contribution in [3.05, 3.63) is 115 Å². The fraction of sp³-hybridized carbons (Fsp3) is 0.205. The number of H-pyrrole nitrogens is 1. The van der Waals surface area contributed by atoms with Crippen molar-refractivity contribution in [2.45, 2.75) is 39.5 Å². The summed E-state index contributed by atoms with van der Waals surface area (Å²) in [6.07, 6.45) is -0.617. The number of amides is 2. The highest BCUT2D eigenvalue weighted by Gasteiger charge is 2.34. The molecule has 0 atom stereocenters. The van der Waals surface area contributed by atoms with Crippen LogP contribution < -0.4 is 20.1 Å². The van der Waals surface area contributed by atoms with Gasteiger partial charge in [-0.05, 0) is 81.4 Å². The Morgan fingerprint density at radius 1 is 0.727 bits per heavy atom. The van der Waals surface area contributed by atoms with Crippen LogP contribution in [0.15, 0.2) is 72.8 Å². The number of nitrogens with zero attached hydrogens (tertiary/aromatic N) is 3. The zero-order valence-electron chi connectivity index (χ0n) is 30.3. The topological polar surface area (TPSA) is 210 Å². The van der Waals surface area contributed by atoms with Gasteiger partial charge in [0.25, 0.3) is 23.2 Å². The second kappa shape index (κ2) is 13.6. The van der Waals surface area contributed by atoms with E-state index in [9.17, 15) is 34.6 Å². The Hall–Kier alpha value is -7.23. The van der Waals surface area contributed by atoms with Gasteiger partial charge in [0.15, 0.2) is 0 Å². The van der Waals surface area contributed by atoms with Crippen LogP contribution in [0.1, 0.15) is 52.6 Å². The van der Waals surface area contributed by atoms with Gasteiger partial charge in [-0.1, -0.05) is 0 Å². The minimum atomic E-state index is -0.744. The summed E-state index contributed by atoms with van der Waals surface area (Å²) in [6, 6.07) is 20.4. The van der Waals surface area contributed by atoms with Crippen LogP contribution in [0.3, 0.4) is 0 Å². The smallest absolute Gasteiger partial charge is 0.419 e. The van der Waals surface area contributed by atoms with Crippen LogP contribution >= 0.6 is 0 Å². The number of fused-ring (bicyclic) bond motifs is 4. The van der Waals surface area contributed by atoms with Crippen molar-refractivity contribution in [2.24, 2.45) is 0 Å². The van der Waals surface area contributed by atoms with Gasteiger partial charge in [0, 0.05) is 45.2 Å². The number of benzene rings is 4. The number of nitro groups is 2. The minimum Gasteiger partial charge on any atom is -0.497 e.